The highest BCUT2D eigenvalue weighted by atomic mass is 35.5. The molecular formula is C13H14ClN5. The fourth-order valence-electron chi connectivity index (χ4n) is 1.82. The molecule has 3 rings (SSSR count). The van der Waals surface area contributed by atoms with Crippen molar-refractivity contribution in [2.24, 2.45) is 0 Å². The molecule has 0 unspecified atom stereocenters. The van der Waals surface area contributed by atoms with Gasteiger partial charge in [-0.1, -0.05) is 22.9 Å². The first kappa shape index (κ1) is 12.2. The molecule has 0 aliphatic carbocycles. The largest absolute Gasteiger partial charge is 0.336 e. The lowest BCUT2D eigenvalue weighted by atomic mass is 10.1. The summed E-state index contributed by atoms with van der Waals surface area (Å²) in [6.45, 7) is 6.21. The second-order valence-corrected chi connectivity index (χ2v) is 5.85. The molecule has 2 heterocycles. The lowest BCUT2D eigenvalue weighted by molar-refractivity contribution is 0.347. The highest BCUT2D eigenvalue weighted by Gasteiger charge is 2.17. The van der Waals surface area contributed by atoms with Crippen LogP contribution in [0.4, 0.5) is 0 Å². The molecule has 0 bridgehead atoms. The van der Waals surface area contributed by atoms with Crippen molar-refractivity contribution in [1.82, 2.24) is 25.0 Å². The summed E-state index contributed by atoms with van der Waals surface area (Å²) in [6, 6.07) is 5.64. The molecule has 0 aliphatic heterocycles. The number of halogens is 1. The van der Waals surface area contributed by atoms with Gasteiger partial charge in [-0.15, -0.1) is 5.10 Å². The van der Waals surface area contributed by atoms with Gasteiger partial charge >= 0.3 is 0 Å². The summed E-state index contributed by atoms with van der Waals surface area (Å²) >= 11 is 6.11. The Balaban J connectivity index is 2.09. The topological polar surface area (TPSA) is 59.4 Å². The minimum atomic E-state index is -0.102. The van der Waals surface area contributed by atoms with Crippen LogP contribution in [-0.2, 0) is 5.54 Å². The molecule has 6 heteroatoms. The van der Waals surface area contributed by atoms with Crippen molar-refractivity contribution >= 4 is 22.6 Å². The summed E-state index contributed by atoms with van der Waals surface area (Å²) in [5, 5.41) is 8.91. The van der Waals surface area contributed by atoms with Crippen LogP contribution in [0.25, 0.3) is 22.6 Å². The average molecular weight is 276 g/mol. The average Bonchev–Trinajstić information content (AvgIpc) is 2.94. The summed E-state index contributed by atoms with van der Waals surface area (Å²) in [5.41, 5.74) is 2.26. The van der Waals surface area contributed by atoms with E-state index in [0.29, 0.717) is 16.5 Å². The number of hydrogen-bond donors (Lipinski definition) is 1. The zero-order valence-electron chi connectivity index (χ0n) is 11.0. The number of para-hydroxylation sites is 1. The van der Waals surface area contributed by atoms with Gasteiger partial charge in [-0.25, -0.2) is 9.67 Å². The van der Waals surface area contributed by atoms with E-state index in [1.807, 2.05) is 29.1 Å². The van der Waals surface area contributed by atoms with Gasteiger partial charge in [0.25, 0.3) is 0 Å². The first-order valence-electron chi connectivity index (χ1n) is 6.02. The summed E-state index contributed by atoms with van der Waals surface area (Å²) in [5.74, 6) is 0.679. The summed E-state index contributed by atoms with van der Waals surface area (Å²) < 4.78 is 1.82. The Labute approximate surface area is 115 Å². The lowest BCUT2D eigenvalue weighted by Crippen LogP contribution is -2.22. The Kier molecular flexibility index (Phi) is 2.60. The van der Waals surface area contributed by atoms with Crippen molar-refractivity contribution in [3.05, 3.63) is 29.4 Å². The van der Waals surface area contributed by atoms with Crippen LogP contribution in [0.15, 0.2) is 24.4 Å². The van der Waals surface area contributed by atoms with E-state index in [2.05, 4.69) is 41.1 Å². The zero-order valence-corrected chi connectivity index (χ0v) is 11.7. The second-order valence-electron chi connectivity index (χ2n) is 5.44. The van der Waals surface area contributed by atoms with E-state index in [1.54, 1.807) is 0 Å². The molecule has 0 aliphatic rings. The van der Waals surface area contributed by atoms with Crippen LogP contribution in [0, 0.1) is 0 Å². The molecule has 19 heavy (non-hydrogen) atoms. The van der Waals surface area contributed by atoms with Crippen molar-refractivity contribution in [3.8, 4) is 11.5 Å². The first-order valence-corrected chi connectivity index (χ1v) is 6.40. The van der Waals surface area contributed by atoms with Gasteiger partial charge in [-0.05, 0) is 32.9 Å². The van der Waals surface area contributed by atoms with Crippen molar-refractivity contribution in [1.29, 1.82) is 0 Å². The third-order valence-corrected chi connectivity index (χ3v) is 3.19. The molecule has 0 atom stereocenters. The van der Waals surface area contributed by atoms with Gasteiger partial charge in [-0.3, -0.25) is 0 Å². The first-order chi connectivity index (χ1) is 8.95. The van der Waals surface area contributed by atoms with Gasteiger partial charge in [0.1, 0.15) is 11.2 Å². The van der Waals surface area contributed by atoms with Crippen molar-refractivity contribution in [2.45, 2.75) is 26.3 Å². The number of nitrogens with one attached hydrogen (secondary N) is 1. The van der Waals surface area contributed by atoms with E-state index in [9.17, 15) is 0 Å². The van der Waals surface area contributed by atoms with Crippen LogP contribution in [0.1, 0.15) is 20.8 Å². The fraction of sp³-hybridized carbons (Fsp3) is 0.308. The zero-order chi connectivity index (χ0) is 13.6. The molecule has 2 aromatic heterocycles. The van der Waals surface area contributed by atoms with Crippen LogP contribution in [-0.4, -0.2) is 25.0 Å². The Hall–Kier alpha value is -1.88. The van der Waals surface area contributed by atoms with Crippen molar-refractivity contribution in [3.63, 3.8) is 0 Å². The third kappa shape index (κ3) is 2.10. The van der Waals surface area contributed by atoms with E-state index < -0.39 is 0 Å². The van der Waals surface area contributed by atoms with Gasteiger partial charge in [-0.2, -0.15) is 0 Å². The van der Waals surface area contributed by atoms with Crippen LogP contribution in [0.2, 0.25) is 5.02 Å². The van der Waals surface area contributed by atoms with Gasteiger partial charge < -0.3 is 4.98 Å². The summed E-state index contributed by atoms with van der Waals surface area (Å²) in [6.07, 6.45) is 1.88. The van der Waals surface area contributed by atoms with E-state index in [0.717, 1.165) is 11.0 Å². The number of imidazole rings is 1. The van der Waals surface area contributed by atoms with E-state index in [-0.39, 0.29) is 5.54 Å². The Morgan fingerprint density at radius 3 is 2.68 bits per heavy atom. The summed E-state index contributed by atoms with van der Waals surface area (Å²) in [7, 11) is 0. The minimum Gasteiger partial charge on any atom is -0.336 e. The van der Waals surface area contributed by atoms with Crippen molar-refractivity contribution in [2.75, 3.05) is 0 Å². The van der Waals surface area contributed by atoms with E-state index >= 15 is 0 Å². The predicted molar refractivity (Wildman–Crippen MR) is 75.1 cm³/mol. The highest BCUT2D eigenvalue weighted by Crippen LogP contribution is 2.25. The molecule has 0 fully saturated rings. The Bertz CT molecular complexity index is 735. The van der Waals surface area contributed by atoms with Crippen LogP contribution < -0.4 is 0 Å². The maximum Gasteiger partial charge on any atom is 0.160 e. The standard InChI is InChI=1S/C13H14ClN5/c1-13(2,3)19-7-10(17-18-19)12-15-9-6-4-5-8(14)11(9)16-12/h4-7H,1-3H3,(H,15,16). The highest BCUT2D eigenvalue weighted by molar-refractivity contribution is 6.34. The van der Waals surface area contributed by atoms with Crippen molar-refractivity contribution < 1.29 is 0 Å². The molecule has 1 aromatic carbocycles. The number of hydrogen-bond acceptors (Lipinski definition) is 3. The smallest absolute Gasteiger partial charge is 0.160 e. The van der Waals surface area contributed by atoms with Crippen LogP contribution >= 0.6 is 11.6 Å². The quantitative estimate of drug-likeness (QED) is 0.742. The van der Waals surface area contributed by atoms with Gasteiger partial charge in [0, 0.05) is 0 Å². The van der Waals surface area contributed by atoms with Crippen LogP contribution in [0.5, 0.6) is 0 Å². The van der Waals surface area contributed by atoms with Gasteiger partial charge in [0.2, 0.25) is 0 Å². The lowest BCUT2D eigenvalue weighted by Gasteiger charge is -2.17. The normalized spacial score (nSPS) is 12.2. The molecule has 0 saturated heterocycles. The molecule has 0 spiro atoms. The number of benzene rings is 1. The number of fused-ring (bicyclic) bond motifs is 1. The Morgan fingerprint density at radius 2 is 2.05 bits per heavy atom. The number of aromatic amines is 1. The molecular weight excluding hydrogens is 262 g/mol. The SMILES string of the molecule is CC(C)(C)n1cc(-c2nc3c(Cl)cccc3[nH]2)nn1. The third-order valence-electron chi connectivity index (χ3n) is 2.89. The van der Waals surface area contributed by atoms with E-state index in [1.165, 1.54) is 0 Å². The molecule has 98 valence electrons. The summed E-state index contributed by atoms with van der Waals surface area (Å²) in [4.78, 5) is 7.68. The number of H-pyrrole nitrogens is 1. The second kappa shape index (κ2) is 4.06. The minimum absolute atomic E-state index is 0.102. The molecule has 1 N–H and O–H groups in total. The number of rotatable bonds is 1. The molecule has 3 aromatic rings. The fourth-order valence-corrected chi connectivity index (χ4v) is 2.04. The maximum absolute atomic E-state index is 6.11. The molecule has 0 amide bonds. The van der Waals surface area contributed by atoms with Crippen LogP contribution in [0.3, 0.4) is 0 Å². The Morgan fingerprint density at radius 1 is 1.26 bits per heavy atom. The molecule has 0 radical (unpaired) electrons. The van der Waals surface area contributed by atoms with E-state index in [4.69, 9.17) is 11.6 Å². The van der Waals surface area contributed by atoms with Gasteiger partial charge in [0.05, 0.1) is 22.3 Å². The number of nitrogens with zero attached hydrogens (tertiary/aromatic N) is 4. The number of aromatic nitrogens is 5. The monoisotopic (exact) mass is 275 g/mol. The van der Waals surface area contributed by atoms with Gasteiger partial charge in [0.15, 0.2) is 5.82 Å². The predicted octanol–water partition coefficient (Wildman–Crippen LogP) is 3.23. The molecule has 0 saturated carbocycles. The maximum atomic E-state index is 6.11. The molecule has 5 nitrogen and oxygen atoms in total.